The van der Waals surface area contributed by atoms with Gasteiger partial charge in [0, 0.05) is 39.4 Å². The first kappa shape index (κ1) is 15.3. The van der Waals surface area contributed by atoms with Crippen molar-refractivity contribution in [1.29, 1.82) is 0 Å². The minimum atomic E-state index is 0.981. The van der Waals surface area contributed by atoms with Crippen LogP contribution in [0.1, 0.15) is 13.8 Å². The van der Waals surface area contributed by atoms with Crippen molar-refractivity contribution in [2.24, 2.45) is 4.99 Å². The van der Waals surface area contributed by atoms with Crippen molar-refractivity contribution in [3.05, 3.63) is 24.4 Å². The Morgan fingerprint density at radius 2 is 1.81 bits per heavy atom. The average Bonchev–Trinajstić information content (AvgIpc) is 2.32. The molecule has 92 valence electrons. The van der Waals surface area contributed by atoms with E-state index in [1.165, 1.54) is 0 Å². The lowest BCUT2D eigenvalue weighted by atomic mass is 10.3. The molecule has 1 fully saturated rings. The zero-order chi connectivity index (χ0) is 12.4. The molecule has 0 saturated carbocycles. The molecule has 0 aromatic rings. The van der Waals surface area contributed by atoms with E-state index in [1.54, 1.807) is 13.1 Å². The smallest absolute Gasteiger partial charge is 0.0548 e. The summed E-state index contributed by atoms with van der Waals surface area (Å²) in [6, 6.07) is 0. The van der Waals surface area contributed by atoms with Gasteiger partial charge in [0.1, 0.15) is 0 Å². The molecule has 1 aliphatic rings. The van der Waals surface area contributed by atoms with Gasteiger partial charge in [0.05, 0.1) is 5.70 Å². The standard InChI is InChI=1S/C10H17N3S.C2H6/c1-3-4-10(9-11-2)12-5-7-13(14)8-6-12;1-2/h3-4,9,14H,1,5-8H2,2H3;1-2H3/b10-4+,11-9?;. The third-order valence-electron chi connectivity index (χ3n) is 2.17. The highest BCUT2D eigenvalue weighted by atomic mass is 32.1. The second-order valence-corrected chi connectivity index (χ2v) is 3.72. The van der Waals surface area contributed by atoms with Crippen molar-refractivity contribution >= 4 is 19.0 Å². The second-order valence-electron chi connectivity index (χ2n) is 3.16. The van der Waals surface area contributed by atoms with Gasteiger partial charge in [-0.25, -0.2) is 4.31 Å². The highest BCUT2D eigenvalue weighted by Gasteiger charge is 2.14. The molecule has 0 N–H and O–H groups in total. The zero-order valence-electron chi connectivity index (χ0n) is 10.6. The maximum atomic E-state index is 4.31. The van der Waals surface area contributed by atoms with Gasteiger partial charge in [-0.15, -0.1) is 0 Å². The molecule has 0 aromatic heterocycles. The Labute approximate surface area is 105 Å². The van der Waals surface area contributed by atoms with Gasteiger partial charge < -0.3 is 4.90 Å². The first-order valence-electron chi connectivity index (χ1n) is 5.71. The quantitative estimate of drug-likeness (QED) is 0.464. The Kier molecular flexibility index (Phi) is 9.04. The number of hydrogen-bond donors (Lipinski definition) is 1. The van der Waals surface area contributed by atoms with Gasteiger partial charge in [0.2, 0.25) is 0 Å². The highest BCUT2D eigenvalue weighted by molar-refractivity contribution is 7.77. The molecule has 0 aliphatic carbocycles. The van der Waals surface area contributed by atoms with Crippen LogP contribution in [0, 0.1) is 0 Å². The summed E-state index contributed by atoms with van der Waals surface area (Å²) in [5.74, 6) is 0. The van der Waals surface area contributed by atoms with Crippen molar-refractivity contribution in [2.45, 2.75) is 13.8 Å². The maximum absolute atomic E-state index is 4.31. The topological polar surface area (TPSA) is 18.8 Å². The van der Waals surface area contributed by atoms with Crippen molar-refractivity contribution in [2.75, 3.05) is 33.2 Å². The van der Waals surface area contributed by atoms with E-state index in [0.29, 0.717) is 0 Å². The minimum Gasteiger partial charge on any atom is -0.368 e. The first-order valence-corrected chi connectivity index (χ1v) is 6.11. The lowest BCUT2D eigenvalue weighted by molar-refractivity contribution is 0.252. The Balaban J connectivity index is 0.00000106. The van der Waals surface area contributed by atoms with Gasteiger partial charge >= 0.3 is 0 Å². The van der Waals surface area contributed by atoms with Gasteiger partial charge in [-0.2, -0.15) is 0 Å². The summed E-state index contributed by atoms with van der Waals surface area (Å²) < 4.78 is 2.03. The molecular formula is C12H23N3S. The fraction of sp³-hybridized carbons (Fsp3) is 0.583. The van der Waals surface area contributed by atoms with Gasteiger partial charge in [-0.05, 0) is 6.08 Å². The van der Waals surface area contributed by atoms with E-state index in [1.807, 2.05) is 30.4 Å². The molecule has 1 rings (SSSR count). The molecular weight excluding hydrogens is 218 g/mol. The molecule has 0 bridgehead atoms. The zero-order valence-corrected chi connectivity index (χ0v) is 11.5. The largest absolute Gasteiger partial charge is 0.368 e. The minimum absolute atomic E-state index is 0.981. The average molecular weight is 241 g/mol. The molecule has 1 aliphatic heterocycles. The highest BCUT2D eigenvalue weighted by Crippen LogP contribution is 2.09. The second kappa shape index (κ2) is 9.48. The molecule has 16 heavy (non-hydrogen) atoms. The van der Waals surface area contributed by atoms with Crippen LogP contribution in [-0.4, -0.2) is 48.6 Å². The number of nitrogens with zero attached hydrogens (tertiary/aromatic N) is 3. The van der Waals surface area contributed by atoms with Crippen LogP contribution < -0.4 is 0 Å². The van der Waals surface area contributed by atoms with E-state index in [-0.39, 0.29) is 0 Å². The summed E-state index contributed by atoms with van der Waals surface area (Å²) in [7, 11) is 1.78. The Bertz CT molecular complexity index is 241. The summed E-state index contributed by atoms with van der Waals surface area (Å²) in [4.78, 5) is 6.33. The number of piperazine rings is 1. The number of thiol groups is 1. The SMILES string of the molecule is C=C/C=C(\C=NC)N1CCN(S)CC1.CC. The predicted molar refractivity (Wildman–Crippen MR) is 76.2 cm³/mol. The Morgan fingerprint density at radius 3 is 2.25 bits per heavy atom. The Hall–Kier alpha value is -0.740. The van der Waals surface area contributed by atoms with E-state index in [9.17, 15) is 0 Å². The fourth-order valence-corrected chi connectivity index (χ4v) is 1.62. The van der Waals surface area contributed by atoms with E-state index >= 15 is 0 Å². The Morgan fingerprint density at radius 1 is 1.25 bits per heavy atom. The van der Waals surface area contributed by atoms with Crippen molar-refractivity contribution in [3.8, 4) is 0 Å². The van der Waals surface area contributed by atoms with Crippen LogP contribution in [0.4, 0.5) is 0 Å². The van der Waals surface area contributed by atoms with Crippen LogP contribution in [0.25, 0.3) is 0 Å². The lowest BCUT2D eigenvalue weighted by Crippen LogP contribution is -2.42. The summed E-state index contributed by atoms with van der Waals surface area (Å²) in [5, 5.41) is 0. The van der Waals surface area contributed by atoms with E-state index < -0.39 is 0 Å². The summed E-state index contributed by atoms with van der Waals surface area (Å²) in [5.41, 5.74) is 1.13. The number of aliphatic imine (C=N–C) groups is 1. The molecule has 1 saturated heterocycles. The van der Waals surface area contributed by atoms with E-state index in [0.717, 1.165) is 31.9 Å². The van der Waals surface area contributed by atoms with Gasteiger partial charge in [-0.1, -0.05) is 39.3 Å². The molecule has 0 spiro atoms. The van der Waals surface area contributed by atoms with Crippen LogP contribution in [-0.2, 0) is 0 Å². The van der Waals surface area contributed by atoms with Crippen molar-refractivity contribution in [1.82, 2.24) is 9.21 Å². The van der Waals surface area contributed by atoms with Crippen LogP contribution in [0.5, 0.6) is 0 Å². The van der Waals surface area contributed by atoms with Crippen molar-refractivity contribution < 1.29 is 0 Å². The molecule has 0 atom stereocenters. The normalized spacial score (nSPS) is 18.2. The summed E-state index contributed by atoms with van der Waals surface area (Å²) >= 11 is 4.31. The molecule has 1 heterocycles. The van der Waals surface area contributed by atoms with Crippen LogP contribution in [0.15, 0.2) is 29.4 Å². The molecule has 0 unspecified atom stereocenters. The molecule has 0 radical (unpaired) electrons. The third-order valence-corrected chi connectivity index (χ3v) is 2.57. The first-order chi connectivity index (χ1) is 7.77. The predicted octanol–water partition coefficient (Wildman–Crippen LogP) is 2.25. The van der Waals surface area contributed by atoms with Gasteiger partial charge in [0.25, 0.3) is 0 Å². The summed E-state index contributed by atoms with van der Waals surface area (Å²) in [6.45, 7) is 11.7. The number of rotatable bonds is 3. The van der Waals surface area contributed by atoms with Crippen LogP contribution >= 0.6 is 12.8 Å². The van der Waals surface area contributed by atoms with E-state index in [2.05, 4.69) is 29.3 Å². The fourth-order valence-electron chi connectivity index (χ4n) is 1.44. The van der Waals surface area contributed by atoms with Crippen LogP contribution in [0.3, 0.4) is 0 Å². The summed E-state index contributed by atoms with van der Waals surface area (Å²) in [6.07, 6.45) is 5.65. The van der Waals surface area contributed by atoms with Crippen LogP contribution in [0.2, 0.25) is 0 Å². The van der Waals surface area contributed by atoms with E-state index in [4.69, 9.17) is 0 Å². The molecule has 0 amide bonds. The molecule has 4 heteroatoms. The molecule has 3 nitrogen and oxygen atoms in total. The monoisotopic (exact) mass is 241 g/mol. The lowest BCUT2D eigenvalue weighted by Gasteiger charge is -2.33. The molecule has 0 aromatic carbocycles. The maximum Gasteiger partial charge on any atom is 0.0548 e. The van der Waals surface area contributed by atoms with Crippen molar-refractivity contribution in [3.63, 3.8) is 0 Å². The van der Waals surface area contributed by atoms with Gasteiger partial charge in [-0.3, -0.25) is 4.99 Å². The number of hydrogen-bond acceptors (Lipinski definition) is 4. The van der Waals surface area contributed by atoms with Gasteiger partial charge in [0.15, 0.2) is 0 Å². The third kappa shape index (κ3) is 5.37. The number of allylic oxidation sites excluding steroid dienone is 3.